The van der Waals surface area contributed by atoms with Crippen molar-refractivity contribution in [3.8, 4) is 11.5 Å². The third-order valence-electron chi connectivity index (χ3n) is 3.52. The summed E-state index contributed by atoms with van der Waals surface area (Å²) >= 11 is 0. The van der Waals surface area contributed by atoms with E-state index in [4.69, 9.17) is 4.74 Å². The van der Waals surface area contributed by atoms with Gasteiger partial charge in [0.2, 0.25) is 0 Å². The van der Waals surface area contributed by atoms with E-state index in [1.807, 2.05) is 37.3 Å². The van der Waals surface area contributed by atoms with E-state index >= 15 is 0 Å². The van der Waals surface area contributed by atoms with Crippen LogP contribution in [0.4, 0.5) is 19.3 Å². The van der Waals surface area contributed by atoms with Gasteiger partial charge in [-0.3, -0.25) is 0 Å². The van der Waals surface area contributed by atoms with E-state index in [-0.39, 0.29) is 17.5 Å². The first-order valence-corrected chi connectivity index (χ1v) is 7.76. The van der Waals surface area contributed by atoms with Crippen LogP contribution in [0.1, 0.15) is 12.5 Å². The maximum Gasteiger partial charge on any atom is 0.387 e. The Morgan fingerprint density at radius 1 is 1.16 bits per heavy atom. The Bertz CT molecular complexity index is 696. The lowest BCUT2D eigenvalue weighted by molar-refractivity contribution is -0.0511. The Morgan fingerprint density at radius 3 is 2.48 bits per heavy atom. The molecule has 0 spiro atoms. The standard InChI is InChI=1S/C18H20F2N2O3/c1-3-22(12-13-7-5-4-6-8-13)18(23)21-14-9-10-15(24-2)16(11-14)25-17(19)20/h4-11,17H,3,12H2,1-2H3,(H,21,23). The number of methoxy groups -OCH3 is 1. The Morgan fingerprint density at radius 2 is 1.88 bits per heavy atom. The van der Waals surface area contributed by atoms with Crippen molar-refractivity contribution in [2.45, 2.75) is 20.1 Å². The Labute approximate surface area is 145 Å². The van der Waals surface area contributed by atoms with Gasteiger partial charge in [0.25, 0.3) is 0 Å². The number of ether oxygens (including phenoxy) is 2. The van der Waals surface area contributed by atoms with Crippen molar-refractivity contribution < 1.29 is 23.0 Å². The topological polar surface area (TPSA) is 50.8 Å². The summed E-state index contributed by atoms with van der Waals surface area (Å²) in [5.41, 5.74) is 1.34. The minimum Gasteiger partial charge on any atom is -0.493 e. The normalized spacial score (nSPS) is 10.4. The van der Waals surface area contributed by atoms with Crippen molar-refractivity contribution in [1.82, 2.24) is 4.90 Å². The van der Waals surface area contributed by atoms with Crippen LogP contribution in [-0.4, -0.2) is 31.2 Å². The lowest BCUT2D eigenvalue weighted by Crippen LogP contribution is -2.34. The Balaban J connectivity index is 2.10. The average molecular weight is 350 g/mol. The highest BCUT2D eigenvalue weighted by atomic mass is 19.3. The fourth-order valence-corrected chi connectivity index (χ4v) is 2.28. The van der Waals surface area contributed by atoms with Gasteiger partial charge in [0.15, 0.2) is 11.5 Å². The van der Waals surface area contributed by atoms with Crippen LogP contribution in [0, 0.1) is 0 Å². The van der Waals surface area contributed by atoms with Gasteiger partial charge in [0.1, 0.15) is 0 Å². The van der Waals surface area contributed by atoms with Crippen LogP contribution >= 0.6 is 0 Å². The zero-order valence-electron chi connectivity index (χ0n) is 14.0. The second-order valence-corrected chi connectivity index (χ2v) is 5.17. The first kappa shape index (κ1) is 18.5. The van der Waals surface area contributed by atoms with Gasteiger partial charge in [-0.05, 0) is 24.6 Å². The maximum absolute atomic E-state index is 12.5. The molecule has 25 heavy (non-hydrogen) atoms. The minimum absolute atomic E-state index is 0.138. The van der Waals surface area contributed by atoms with Gasteiger partial charge in [-0.1, -0.05) is 30.3 Å². The molecular weight excluding hydrogens is 330 g/mol. The van der Waals surface area contributed by atoms with E-state index in [9.17, 15) is 13.6 Å². The molecule has 0 bridgehead atoms. The van der Waals surface area contributed by atoms with Crippen molar-refractivity contribution in [2.24, 2.45) is 0 Å². The van der Waals surface area contributed by atoms with Gasteiger partial charge in [-0.25, -0.2) is 4.79 Å². The van der Waals surface area contributed by atoms with Gasteiger partial charge in [0, 0.05) is 24.8 Å². The molecule has 134 valence electrons. The van der Waals surface area contributed by atoms with E-state index in [0.29, 0.717) is 18.8 Å². The van der Waals surface area contributed by atoms with Crippen LogP contribution < -0.4 is 14.8 Å². The Hall–Kier alpha value is -2.83. The van der Waals surface area contributed by atoms with Crippen LogP contribution in [0.15, 0.2) is 48.5 Å². The van der Waals surface area contributed by atoms with Crippen molar-refractivity contribution >= 4 is 11.7 Å². The number of rotatable bonds is 7. The fourth-order valence-electron chi connectivity index (χ4n) is 2.28. The first-order valence-electron chi connectivity index (χ1n) is 7.76. The van der Waals surface area contributed by atoms with E-state index in [0.717, 1.165) is 5.56 Å². The molecule has 0 aliphatic carbocycles. The van der Waals surface area contributed by atoms with Gasteiger partial charge in [-0.15, -0.1) is 0 Å². The number of hydrogen-bond donors (Lipinski definition) is 1. The average Bonchev–Trinajstić information content (AvgIpc) is 2.60. The molecule has 0 aromatic heterocycles. The summed E-state index contributed by atoms with van der Waals surface area (Å²) in [4.78, 5) is 14.0. The predicted octanol–water partition coefficient (Wildman–Crippen LogP) is 4.35. The summed E-state index contributed by atoms with van der Waals surface area (Å²) in [5, 5.41) is 2.68. The summed E-state index contributed by atoms with van der Waals surface area (Å²) in [5.74, 6) is 0.0244. The number of alkyl halides is 2. The number of halogens is 2. The fraction of sp³-hybridized carbons (Fsp3) is 0.278. The molecule has 0 unspecified atom stereocenters. The van der Waals surface area contributed by atoms with Crippen molar-refractivity contribution in [3.05, 3.63) is 54.1 Å². The third kappa shape index (κ3) is 5.34. The largest absolute Gasteiger partial charge is 0.493 e. The van der Waals surface area contributed by atoms with Crippen LogP contribution in [0.5, 0.6) is 11.5 Å². The van der Waals surface area contributed by atoms with Crippen LogP contribution in [0.2, 0.25) is 0 Å². The number of hydrogen-bond acceptors (Lipinski definition) is 3. The monoisotopic (exact) mass is 350 g/mol. The number of nitrogens with one attached hydrogen (secondary N) is 1. The molecule has 0 atom stereocenters. The molecular formula is C18H20F2N2O3. The second kappa shape index (κ2) is 8.86. The molecule has 7 heteroatoms. The highest BCUT2D eigenvalue weighted by Crippen LogP contribution is 2.31. The minimum atomic E-state index is -2.98. The molecule has 2 aromatic carbocycles. The quantitative estimate of drug-likeness (QED) is 0.808. The molecule has 2 amide bonds. The maximum atomic E-state index is 12.5. The summed E-state index contributed by atoms with van der Waals surface area (Å²) in [6, 6.07) is 13.6. The number of nitrogens with zero attached hydrogens (tertiary/aromatic N) is 1. The molecule has 0 aliphatic heterocycles. The van der Waals surface area contributed by atoms with Gasteiger partial charge < -0.3 is 19.7 Å². The molecule has 0 fully saturated rings. The van der Waals surface area contributed by atoms with Crippen LogP contribution in [0.25, 0.3) is 0 Å². The highest BCUT2D eigenvalue weighted by Gasteiger charge is 2.15. The van der Waals surface area contributed by atoms with Gasteiger partial charge >= 0.3 is 12.6 Å². The van der Waals surface area contributed by atoms with Crippen molar-refractivity contribution in [2.75, 3.05) is 19.0 Å². The molecule has 0 radical (unpaired) electrons. The highest BCUT2D eigenvalue weighted by molar-refractivity contribution is 5.89. The molecule has 1 N–H and O–H groups in total. The second-order valence-electron chi connectivity index (χ2n) is 5.17. The summed E-state index contributed by atoms with van der Waals surface area (Å²) in [6.45, 7) is -0.177. The number of carbonyl (C=O) groups excluding carboxylic acids is 1. The number of urea groups is 1. The zero-order chi connectivity index (χ0) is 18.2. The van der Waals surface area contributed by atoms with Gasteiger partial charge in [0.05, 0.1) is 7.11 Å². The predicted molar refractivity (Wildman–Crippen MR) is 91.2 cm³/mol. The van der Waals surface area contributed by atoms with Crippen LogP contribution in [0.3, 0.4) is 0 Å². The molecule has 0 heterocycles. The molecule has 0 saturated carbocycles. The van der Waals surface area contributed by atoms with E-state index < -0.39 is 6.61 Å². The number of anilines is 1. The summed E-state index contributed by atoms with van der Waals surface area (Å²) in [7, 11) is 1.35. The Kier molecular flexibility index (Phi) is 6.56. The van der Waals surface area contributed by atoms with Crippen molar-refractivity contribution in [1.29, 1.82) is 0 Å². The number of carbonyl (C=O) groups is 1. The van der Waals surface area contributed by atoms with Crippen molar-refractivity contribution in [3.63, 3.8) is 0 Å². The molecule has 2 aromatic rings. The lowest BCUT2D eigenvalue weighted by Gasteiger charge is -2.22. The van der Waals surface area contributed by atoms with E-state index in [2.05, 4.69) is 10.1 Å². The number of amides is 2. The third-order valence-corrected chi connectivity index (χ3v) is 3.52. The number of benzene rings is 2. The SMILES string of the molecule is CCN(Cc1ccccc1)C(=O)Nc1ccc(OC)c(OC(F)F)c1. The molecule has 2 rings (SSSR count). The smallest absolute Gasteiger partial charge is 0.387 e. The molecule has 5 nitrogen and oxygen atoms in total. The zero-order valence-corrected chi connectivity index (χ0v) is 14.0. The summed E-state index contributed by atoms with van der Waals surface area (Å²) in [6.07, 6.45) is 0. The van der Waals surface area contributed by atoms with Crippen LogP contribution in [-0.2, 0) is 6.54 Å². The van der Waals surface area contributed by atoms with Gasteiger partial charge in [-0.2, -0.15) is 8.78 Å². The van der Waals surface area contributed by atoms with E-state index in [1.54, 1.807) is 11.0 Å². The first-order chi connectivity index (χ1) is 12.0. The lowest BCUT2D eigenvalue weighted by atomic mass is 10.2. The summed E-state index contributed by atoms with van der Waals surface area (Å²) < 4.78 is 34.4. The molecule has 0 saturated heterocycles. The molecule has 0 aliphatic rings. The van der Waals surface area contributed by atoms with E-state index in [1.165, 1.54) is 19.2 Å².